The van der Waals surface area contributed by atoms with E-state index in [0.717, 1.165) is 25.0 Å². The smallest absolute Gasteiger partial charge is 0.273 e. The standard InChI is InChI=1S/C31H32FN7O2/c1-18-22-6-4-3-5-19(22)10-12-38(18)31(41)26-14-27(20-7-8-20)39-29(35-26)15-25(36-39)23-16-34-28(13-24(23)32)37-11-9-21(17-37)30(40)33-2/h3-6,13-16,18,20-21H,7-12,17H2,1-2H3,(H,33,40)/t18-,21?/m1/s1. The van der Waals surface area contributed by atoms with Gasteiger partial charge in [-0.25, -0.2) is 18.9 Å². The summed E-state index contributed by atoms with van der Waals surface area (Å²) >= 11 is 0. The molecule has 10 heteroatoms. The summed E-state index contributed by atoms with van der Waals surface area (Å²) in [5.74, 6) is 0.125. The second-order valence-corrected chi connectivity index (χ2v) is 11.3. The minimum absolute atomic E-state index is 0.00864. The van der Waals surface area contributed by atoms with Crippen LogP contribution in [0.3, 0.4) is 0 Å². The van der Waals surface area contributed by atoms with Crippen molar-refractivity contribution in [3.63, 3.8) is 0 Å². The molecule has 1 aromatic carbocycles. The third-order valence-electron chi connectivity index (χ3n) is 8.77. The molecule has 1 saturated carbocycles. The van der Waals surface area contributed by atoms with Gasteiger partial charge in [0.15, 0.2) is 5.65 Å². The summed E-state index contributed by atoms with van der Waals surface area (Å²) in [4.78, 5) is 38.8. The van der Waals surface area contributed by atoms with Crippen LogP contribution in [0.2, 0.25) is 0 Å². The zero-order chi connectivity index (χ0) is 28.2. The van der Waals surface area contributed by atoms with Gasteiger partial charge in [-0.3, -0.25) is 9.59 Å². The number of nitrogens with one attached hydrogen (secondary N) is 1. The topological polar surface area (TPSA) is 95.7 Å². The quantitative estimate of drug-likeness (QED) is 0.399. The lowest BCUT2D eigenvalue weighted by molar-refractivity contribution is -0.123. The molecule has 5 heterocycles. The number of halogens is 1. The first-order valence-electron chi connectivity index (χ1n) is 14.3. The molecular formula is C31H32FN7O2. The first kappa shape index (κ1) is 25.6. The summed E-state index contributed by atoms with van der Waals surface area (Å²) in [7, 11) is 1.63. The molecule has 3 aromatic heterocycles. The molecule has 0 bridgehead atoms. The van der Waals surface area contributed by atoms with Crippen LogP contribution in [0, 0.1) is 11.7 Å². The summed E-state index contributed by atoms with van der Waals surface area (Å²) in [5, 5.41) is 7.40. The van der Waals surface area contributed by atoms with Crippen LogP contribution < -0.4 is 10.2 Å². The number of carbonyl (C=O) groups excluding carboxylic acids is 2. The zero-order valence-corrected chi connectivity index (χ0v) is 23.2. The van der Waals surface area contributed by atoms with Crippen LogP contribution in [-0.2, 0) is 11.2 Å². The fourth-order valence-corrected chi connectivity index (χ4v) is 6.27. The predicted octanol–water partition coefficient (Wildman–Crippen LogP) is 4.14. The second-order valence-electron chi connectivity index (χ2n) is 11.3. The predicted molar refractivity (Wildman–Crippen MR) is 152 cm³/mol. The number of amides is 2. The van der Waals surface area contributed by atoms with Gasteiger partial charge in [-0.2, -0.15) is 5.10 Å². The summed E-state index contributed by atoms with van der Waals surface area (Å²) in [6, 6.07) is 13.2. The molecule has 4 aromatic rings. The van der Waals surface area contributed by atoms with Crippen LogP contribution in [0.5, 0.6) is 0 Å². The van der Waals surface area contributed by atoms with E-state index in [2.05, 4.69) is 29.4 Å². The van der Waals surface area contributed by atoms with Crippen molar-refractivity contribution in [3.05, 3.63) is 77.0 Å². The van der Waals surface area contributed by atoms with Gasteiger partial charge in [-0.15, -0.1) is 0 Å². The number of fused-ring (bicyclic) bond motifs is 2. The molecule has 2 aliphatic heterocycles. The maximum Gasteiger partial charge on any atom is 0.273 e. The number of nitrogens with zero attached hydrogens (tertiary/aromatic N) is 6. The number of rotatable bonds is 5. The fourth-order valence-electron chi connectivity index (χ4n) is 6.27. The Bertz CT molecular complexity index is 1680. The fraction of sp³-hybridized carbons (Fsp3) is 0.387. The summed E-state index contributed by atoms with van der Waals surface area (Å²) in [5.41, 5.74) is 5.00. The van der Waals surface area contributed by atoms with Gasteiger partial charge >= 0.3 is 0 Å². The zero-order valence-electron chi connectivity index (χ0n) is 23.2. The first-order valence-corrected chi connectivity index (χ1v) is 14.3. The van der Waals surface area contributed by atoms with Crippen LogP contribution >= 0.6 is 0 Å². The van der Waals surface area contributed by atoms with Gasteiger partial charge < -0.3 is 15.1 Å². The number of anilines is 1. The molecule has 1 aliphatic carbocycles. The highest BCUT2D eigenvalue weighted by Gasteiger charge is 2.33. The van der Waals surface area contributed by atoms with Crippen molar-refractivity contribution in [3.8, 4) is 11.3 Å². The van der Waals surface area contributed by atoms with E-state index in [9.17, 15) is 9.59 Å². The third-order valence-corrected chi connectivity index (χ3v) is 8.77. The number of benzene rings is 1. The van der Waals surface area contributed by atoms with Gasteiger partial charge in [0.1, 0.15) is 17.3 Å². The molecule has 3 aliphatic rings. The Labute approximate surface area is 237 Å². The Hall–Kier alpha value is -4.34. The first-order chi connectivity index (χ1) is 19.9. The van der Waals surface area contributed by atoms with Crippen LogP contribution in [0.4, 0.5) is 10.2 Å². The molecule has 210 valence electrons. The Balaban J connectivity index is 1.19. The minimum atomic E-state index is -0.438. The van der Waals surface area contributed by atoms with Crippen LogP contribution in [-0.4, -0.2) is 63.0 Å². The van der Waals surface area contributed by atoms with Crippen molar-refractivity contribution in [1.29, 1.82) is 0 Å². The van der Waals surface area contributed by atoms with Crippen molar-refractivity contribution < 1.29 is 14.0 Å². The molecule has 9 nitrogen and oxygen atoms in total. The minimum Gasteiger partial charge on any atom is -0.359 e. The Kier molecular flexibility index (Phi) is 6.21. The molecular weight excluding hydrogens is 521 g/mol. The maximum atomic E-state index is 15.4. The lowest BCUT2D eigenvalue weighted by atomic mass is 9.93. The summed E-state index contributed by atoms with van der Waals surface area (Å²) < 4.78 is 17.2. The summed E-state index contributed by atoms with van der Waals surface area (Å²) in [6.07, 6.45) is 5.05. The van der Waals surface area contributed by atoms with Gasteiger partial charge in [0.05, 0.1) is 23.2 Å². The largest absolute Gasteiger partial charge is 0.359 e. The normalized spacial score (nSPS) is 20.4. The Morgan fingerprint density at radius 1 is 1.07 bits per heavy atom. The molecule has 7 rings (SSSR count). The van der Waals surface area contributed by atoms with Crippen LogP contribution in [0.1, 0.15) is 65.5 Å². The van der Waals surface area contributed by atoms with E-state index >= 15 is 4.39 Å². The monoisotopic (exact) mass is 553 g/mol. The number of pyridine rings is 1. The third kappa shape index (κ3) is 4.51. The lowest BCUT2D eigenvalue weighted by Gasteiger charge is -2.35. The Morgan fingerprint density at radius 2 is 1.90 bits per heavy atom. The van der Waals surface area contributed by atoms with Gasteiger partial charge in [-0.05, 0) is 49.8 Å². The van der Waals surface area contributed by atoms with E-state index in [1.807, 2.05) is 28.0 Å². The molecule has 41 heavy (non-hydrogen) atoms. The van der Waals surface area contributed by atoms with E-state index < -0.39 is 5.82 Å². The van der Waals surface area contributed by atoms with Crippen molar-refractivity contribution >= 4 is 23.3 Å². The average molecular weight is 554 g/mol. The second kappa shape index (κ2) is 9.94. The van der Waals surface area contributed by atoms with Gasteiger partial charge in [0.25, 0.3) is 5.91 Å². The number of aromatic nitrogens is 4. The lowest BCUT2D eigenvalue weighted by Crippen LogP contribution is -2.39. The molecule has 1 unspecified atom stereocenters. The molecule has 2 amide bonds. The molecule has 2 atom stereocenters. The van der Waals surface area contributed by atoms with Crippen LogP contribution in [0.15, 0.2) is 48.7 Å². The van der Waals surface area contributed by atoms with Crippen molar-refractivity contribution in [2.75, 3.05) is 31.6 Å². The van der Waals surface area contributed by atoms with E-state index in [-0.39, 0.29) is 29.3 Å². The van der Waals surface area contributed by atoms with Crippen LogP contribution in [0.25, 0.3) is 16.9 Å². The highest BCUT2D eigenvalue weighted by Crippen LogP contribution is 2.41. The average Bonchev–Trinajstić information content (AvgIpc) is 3.55. The Morgan fingerprint density at radius 3 is 2.68 bits per heavy atom. The number of carbonyl (C=O) groups is 2. The van der Waals surface area contributed by atoms with Gasteiger partial charge in [-0.1, -0.05) is 24.3 Å². The molecule has 1 N–H and O–H groups in total. The van der Waals surface area contributed by atoms with Crippen molar-refractivity contribution in [2.24, 2.45) is 5.92 Å². The van der Waals surface area contributed by atoms with Crippen molar-refractivity contribution in [1.82, 2.24) is 29.8 Å². The van der Waals surface area contributed by atoms with Crippen molar-refractivity contribution in [2.45, 2.75) is 44.6 Å². The van der Waals surface area contributed by atoms with Gasteiger partial charge in [0.2, 0.25) is 5.91 Å². The SMILES string of the molecule is CNC(=O)C1CCN(c2cc(F)c(-c3cc4nc(C(=O)N5CCc6ccccc6[C@H]5C)cc(C5CC5)n4n3)cn2)C1. The van der Waals surface area contributed by atoms with E-state index in [1.165, 1.54) is 23.4 Å². The molecule has 1 saturated heterocycles. The maximum absolute atomic E-state index is 15.4. The highest BCUT2D eigenvalue weighted by atomic mass is 19.1. The summed E-state index contributed by atoms with van der Waals surface area (Å²) in [6.45, 7) is 3.85. The number of hydrogen-bond donors (Lipinski definition) is 1. The molecule has 0 spiro atoms. The van der Waals surface area contributed by atoms with E-state index in [4.69, 9.17) is 10.1 Å². The van der Waals surface area contributed by atoms with E-state index in [1.54, 1.807) is 17.6 Å². The van der Waals surface area contributed by atoms with E-state index in [0.29, 0.717) is 54.8 Å². The molecule has 2 fully saturated rings. The highest BCUT2D eigenvalue weighted by molar-refractivity contribution is 5.93. The van der Waals surface area contributed by atoms with Gasteiger partial charge in [0, 0.05) is 56.6 Å². The molecule has 0 radical (unpaired) electrons. The number of hydrogen-bond acceptors (Lipinski definition) is 6.